The smallest absolute Gasteiger partial charge is 0.432 e. The van der Waals surface area contributed by atoms with Crippen molar-refractivity contribution < 1.29 is 41.8 Å². The molecule has 0 bridgehead atoms. The molecular formula is C35H43F3O6. The number of hydrogen-bond donors (Lipinski definition) is 0. The van der Waals surface area contributed by atoms with Crippen LogP contribution in [-0.4, -0.2) is 43.7 Å². The van der Waals surface area contributed by atoms with Crippen molar-refractivity contribution in [2.45, 2.75) is 97.4 Å². The molecule has 2 atom stereocenters. The third-order valence-corrected chi connectivity index (χ3v) is 8.70. The van der Waals surface area contributed by atoms with Crippen LogP contribution in [-0.2, 0) is 34.2 Å². The molecule has 0 saturated carbocycles. The zero-order valence-electron chi connectivity index (χ0n) is 26.4. The average molecular weight is 617 g/mol. The highest BCUT2D eigenvalue weighted by molar-refractivity contribution is 5.89. The number of carbonyl (C=O) groups is 3. The molecular weight excluding hydrogens is 573 g/mol. The average Bonchev–Trinajstić information content (AvgIpc) is 3.39. The van der Waals surface area contributed by atoms with Crippen molar-refractivity contribution in [1.82, 2.24) is 0 Å². The Morgan fingerprint density at radius 2 is 1.70 bits per heavy atom. The summed E-state index contributed by atoms with van der Waals surface area (Å²) in [5.41, 5.74) is 0.815. The van der Waals surface area contributed by atoms with Crippen molar-refractivity contribution >= 4 is 17.7 Å². The predicted octanol–water partition coefficient (Wildman–Crippen LogP) is 8.03. The number of benzene rings is 1. The summed E-state index contributed by atoms with van der Waals surface area (Å²) in [6.45, 7) is 9.92. The number of ether oxygens (including phenoxy) is 3. The maximum Gasteiger partial charge on any atom is 0.432 e. The summed E-state index contributed by atoms with van der Waals surface area (Å²) in [5, 5.41) is 0. The Morgan fingerprint density at radius 1 is 1.05 bits per heavy atom. The molecule has 6 nitrogen and oxygen atoms in total. The number of allylic oxidation sites excluding steroid dienone is 5. The number of ketones is 1. The number of alkyl halides is 3. The summed E-state index contributed by atoms with van der Waals surface area (Å²) >= 11 is 0. The van der Waals surface area contributed by atoms with Crippen molar-refractivity contribution in [2.75, 3.05) is 13.7 Å². The quantitative estimate of drug-likeness (QED) is 0.165. The van der Waals surface area contributed by atoms with Crippen LogP contribution in [0.4, 0.5) is 13.2 Å². The first-order chi connectivity index (χ1) is 20.6. The Hall–Kier alpha value is -3.46. The normalized spacial score (nSPS) is 19.8. The number of hydrogen-bond acceptors (Lipinski definition) is 6. The number of carbonyl (C=O) groups excluding carboxylic acids is 3. The Bertz CT molecular complexity index is 1350. The van der Waals surface area contributed by atoms with Crippen LogP contribution in [0.3, 0.4) is 0 Å². The predicted molar refractivity (Wildman–Crippen MR) is 161 cm³/mol. The van der Waals surface area contributed by atoms with Crippen molar-refractivity contribution in [3.05, 3.63) is 82.0 Å². The number of Topliss-reactive ketones (excluding diaryl/α,β-unsaturated/α-hetero) is 1. The van der Waals surface area contributed by atoms with E-state index in [-0.39, 0.29) is 18.6 Å². The molecule has 2 aliphatic rings. The molecule has 240 valence electrons. The number of rotatable bonds is 13. The molecule has 0 N–H and O–H groups in total. The Kier molecular flexibility index (Phi) is 11.6. The van der Waals surface area contributed by atoms with Crippen LogP contribution in [0.15, 0.2) is 76.4 Å². The molecule has 3 rings (SSSR count). The van der Waals surface area contributed by atoms with Crippen LogP contribution in [0.25, 0.3) is 0 Å². The Morgan fingerprint density at radius 3 is 2.30 bits per heavy atom. The number of halogens is 3. The summed E-state index contributed by atoms with van der Waals surface area (Å²) in [6.07, 6.45) is 3.47. The second kappa shape index (κ2) is 14.5. The molecule has 1 aliphatic heterocycles. The van der Waals surface area contributed by atoms with Crippen LogP contribution >= 0.6 is 0 Å². The zero-order valence-corrected chi connectivity index (χ0v) is 26.4. The van der Waals surface area contributed by atoms with Gasteiger partial charge < -0.3 is 14.2 Å². The van der Waals surface area contributed by atoms with E-state index >= 15 is 0 Å². The van der Waals surface area contributed by atoms with E-state index in [9.17, 15) is 27.6 Å². The Balaban J connectivity index is 1.69. The molecule has 0 fully saturated rings. The minimum Gasteiger partial charge on any atom is -0.458 e. The third-order valence-electron chi connectivity index (χ3n) is 8.70. The zero-order chi connectivity index (χ0) is 32.7. The largest absolute Gasteiger partial charge is 0.458 e. The lowest BCUT2D eigenvalue weighted by molar-refractivity contribution is -0.277. The third kappa shape index (κ3) is 7.97. The molecule has 1 heterocycles. The van der Waals surface area contributed by atoms with Gasteiger partial charge in [0.2, 0.25) is 0 Å². The minimum atomic E-state index is -5.12. The van der Waals surface area contributed by atoms with Gasteiger partial charge in [0, 0.05) is 42.6 Å². The first-order valence-electron chi connectivity index (χ1n) is 14.9. The van der Waals surface area contributed by atoms with E-state index in [2.05, 4.69) is 19.9 Å². The topological polar surface area (TPSA) is 78.9 Å². The van der Waals surface area contributed by atoms with E-state index in [0.717, 1.165) is 56.6 Å². The van der Waals surface area contributed by atoms with E-state index in [4.69, 9.17) is 14.2 Å². The fourth-order valence-corrected chi connectivity index (χ4v) is 5.82. The van der Waals surface area contributed by atoms with Crippen LogP contribution in [0.1, 0.15) is 85.1 Å². The molecule has 0 aromatic heterocycles. The second-order valence-corrected chi connectivity index (χ2v) is 12.2. The van der Waals surface area contributed by atoms with Gasteiger partial charge in [-0.15, -0.1) is 0 Å². The molecule has 0 saturated heterocycles. The van der Waals surface area contributed by atoms with Gasteiger partial charge in [0.1, 0.15) is 18.5 Å². The molecule has 0 radical (unpaired) electrons. The highest BCUT2D eigenvalue weighted by Crippen LogP contribution is 2.44. The van der Waals surface area contributed by atoms with E-state index in [1.165, 1.54) is 34.9 Å². The van der Waals surface area contributed by atoms with Gasteiger partial charge in [0.15, 0.2) is 0 Å². The van der Waals surface area contributed by atoms with Gasteiger partial charge in [0.25, 0.3) is 5.60 Å². The molecule has 1 aromatic carbocycles. The van der Waals surface area contributed by atoms with Gasteiger partial charge in [-0.3, -0.25) is 4.79 Å². The molecule has 0 amide bonds. The first-order valence-corrected chi connectivity index (χ1v) is 14.9. The van der Waals surface area contributed by atoms with Gasteiger partial charge in [-0.1, -0.05) is 64.8 Å². The standard InChI is InChI=1S/C35H43F3O6/c1-23(15-18-28-25(3)17-20-30(39)33(28,4)5)11-10-12-24(2)16-19-29(26-21-31(40)43-22-26)44-32(41)34(42-6,35(36,37)38)27-13-8-7-9-14-27/h7-9,11,13-14,16,21,29H,10,12,15,17-20,22H2,1-6H3/b23-11+,24-16+/t29-,34-/m1/s1. The highest BCUT2D eigenvalue weighted by atomic mass is 19.4. The minimum absolute atomic E-state index is 0.0612. The van der Waals surface area contributed by atoms with Crippen molar-refractivity contribution in [2.24, 2.45) is 5.41 Å². The summed E-state index contributed by atoms with van der Waals surface area (Å²) in [7, 11) is 0.811. The van der Waals surface area contributed by atoms with Crippen molar-refractivity contribution in [3.63, 3.8) is 0 Å². The molecule has 9 heteroatoms. The SMILES string of the molecule is CO[C@@](C(=O)O[C@H](C/C=C(\C)CC/C=C(\C)CCC1=C(C)CCC(=O)C1(C)C)C1=CC(=O)OC1)(c1ccccc1)C(F)(F)F. The fourth-order valence-electron chi connectivity index (χ4n) is 5.82. The number of methoxy groups -OCH3 is 1. The summed E-state index contributed by atoms with van der Waals surface area (Å²) in [6, 6.07) is 6.60. The molecule has 44 heavy (non-hydrogen) atoms. The van der Waals surface area contributed by atoms with Gasteiger partial charge in [-0.25, -0.2) is 9.59 Å². The van der Waals surface area contributed by atoms with Crippen molar-refractivity contribution in [1.29, 1.82) is 0 Å². The van der Waals surface area contributed by atoms with Gasteiger partial charge >= 0.3 is 18.1 Å². The summed E-state index contributed by atoms with van der Waals surface area (Å²) in [4.78, 5) is 37.5. The molecule has 1 aromatic rings. The maximum absolute atomic E-state index is 14.4. The number of esters is 2. The lowest BCUT2D eigenvalue weighted by Gasteiger charge is -2.33. The van der Waals surface area contributed by atoms with E-state index in [1.54, 1.807) is 6.08 Å². The Labute approximate surface area is 258 Å². The molecule has 0 unspecified atom stereocenters. The van der Waals surface area contributed by atoms with Crippen LogP contribution < -0.4 is 0 Å². The van der Waals surface area contributed by atoms with Gasteiger partial charge in [-0.05, 0) is 66.7 Å². The van der Waals surface area contributed by atoms with Gasteiger partial charge in [-0.2, -0.15) is 13.2 Å². The van der Waals surface area contributed by atoms with Crippen molar-refractivity contribution in [3.8, 4) is 0 Å². The van der Waals surface area contributed by atoms with Crippen LogP contribution in [0, 0.1) is 5.41 Å². The molecule has 0 spiro atoms. The first kappa shape index (κ1) is 35.0. The van der Waals surface area contributed by atoms with Crippen LogP contribution in [0.2, 0.25) is 0 Å². The summed E-state index contributed by atoms with van der Waals surface area (Å²) < 4.78 is 58.5. The summed E-state index contributed by atoms with van der Waals surface area (Å²) in [5.74, 6) is -1.98. The van der Waals surface area contributed by atoms with Gasteiger partial charge in [0.05, 0.1) is 0 Å². The van der Waals surface area contributed by atoms with Crippen LogP contribution in [0.5, 0.6) is 0 Å². The number of cyclic esters (lactones) is 1. The monoisotopic (exact) mass is 616 g/mol. The second-order valence-electron chi connectivity index (χ2n) is 12.2. The maximum atomic E-state index is 14.4. The lowest BCUT2D eigenvalue weighted by Crippen LogP contribution is -2.52. The molecule has 1 aliphatic carbocycles. The fraction of sp³-hybridized carbons (Fsp3) is 0.514. The lowest BCUT2D eigenvalue weighted by atomic mass is 9.70. The van der Waals surface area contributed by atoms with E-state index < -0.39 is 40.8 Å². The highest BCUT2D eigenvalue weighted by Gasteiger charge is 2.64. The van der Waals surface area contributed by atoms with E-state index in [0.29, 0.717) is 18.6 Å². The van der Waals surface area contributed by atoms with E-state index in [1.807, 2.05) is 20.8 Å².